The fraction of sp³-hybridized carbons (Fsp3) is 0.350. The van der Waals surface area contributed by atoms with Crippen LogP contribution in [0.1, 0.15) is 60.3 Å². The van der Waals surface area contributed by atoms with Crippen LogP contribution >= 0.6 is 0 Å². The van der Waals surface area contributed by atoms with Crippen LogP contribution in [0.4, 0.5) is 18.9 Å². The maximum atomic E-state index is 13.0. The van der Waals surface area contributed by atoms with Gasteiger partial charge in [0.05, 0.1) is 11.6 Å². The number of carbonyl (C=O) groups is 1. The molecular formula is C20H21F3N4O2. The number of carbonyl (C=O) groups excluding carboxylic acids is 1. The summed E-state index contributed by atoms with van der Waals surface area (Å²) in [6.07, 6.45) is 0.887. The minimum absolute atomic E-state index is 0.00266. The van der Waals surface area contributed by atoms with Crippen molar-refractivity contribution in [2.45, 2.75) is 44.8 Å². The van der Waals surface area contributed by atoms with Gasteiger partial charge in [0.15, 0.2) is 0 Å². The molecule has 1 atom stereocenters. The number of hydrogen-bond donors (Lipinski definition) is 2. The lowest BCUT2D eigenvalue weighted by molar-refractivity contribution is -0.137. The van der Waals surface area contributed by atoms with Gasteiger partial charge in [-0.25, -0.2) is 4.68 Å². The van der Waals surface area contributed by atoms with Gasteiger partial charge in [-0.05, 0) is 62.4 Å². The molecule has 1 amide bonds. The van der Waals surface area contributed by atoms with E-state index in [1.54, 1.807) is 6.92 Å². The first-order valence-corrected chi connectivity index (χ1v) is 9.23. The maximum Gasteiger partial charge on any atom is 0.416 e. The van der Waals surface area contributed by atoms with E-state index < -0.39 is 23.7 Å². The van der Waals surface area contributed by atoms with E-state index in [4.69, 9.17) is 5.73 Å². The molecule has 2 aromatic rings. The lowest BCUT2D eigenvalue weighted by atomic mass is 10.0. The van der Waals surface area contributed by atoms with Crippen molar-refractivity contribution in [3.05, 3.63) is 63.6 Å². The predicted molar refractivity (Wildman–Crippen MR) is 103 cm³/mol. The summed E-state index contributed by atoms with van der Waals surface area (Å²) < 4.78 is 40.2. The quantitative estimate of drug-likeness (QED) is 0.757. The van der Waals surface area contributed by atoms with Crippen LogP contribution in [-0.2, 0) is 6.18 Å². The monoisotopic (exact) mass is 406 g/mol. The van der Waals surface area contributed by atoms with Gasteiger partial charge in [0.2, 0.25) is 0 Å². The summed E-state index contributed by atoms with van der Waals surface area (Å²) >= 11 is 0. The molecule has 0 aliphatic heterocycles. The number of nitrogen functional groups attached to an aromatic ring is 1. The molecule has 154 valence electrons. The molecule has 3 N–H and O–H groups in total. The molecule has 1 aromatic heterocycles. The van der Waals surface area contributed by atoms with Gasteiger partial charge >= 0.3 is 6.18 Å². The standard InChI is InChI=1S/C20H21F3N4O2/c1-12(13-9-14(20(21,22)23)11-15(24)10-13)25-19(29)17-7-8-18(28)27(26-17)16-5-3-2-4-6-16/h5,7-12H,2-4,6,24H2,1H3,(H,25,29)/t12-/m1/s1. The highest BCUT2D eigenvalue weighted by Gasteiger charge is 2.31. The van der Waals surface area contributed by atoms with Gasteiger partial charge in [-0.15, -0.1) is 0 Å². The van der Waals surface area contributed by atoms with Crippen molar-refractivity contribution in [2.24, 2.45) is 0 Å². The molecule has 0 saturated heterocycles. The molecule has 9 heteroatoms. The SMILES string of the molecule is C[C@@H](NC(=O)c1ccc(=O)n(C2=CCCCC2)n1)c1cc(N)cc(C(F)(F)F)c1. The highest BCUT2D eigenvalue weighted by molar-refractivity contribution is 5.92. The smallest absolute Gasteiger partial charge is 0.399 e. The zero-order valence-corrected chi connectivity index (χ0v) is 15.8. The number of benzene rings is 1. The molecule has 0 fully saturated rings. The summed E-state index contributed by atoms with van der Waals surface area (Å²) in [5, 5.41) is 6.74. The fourth-order valence-corrected chi connectivity index (χ4v) is 3.20. The number of anilines is 1. The van der Waals surface area contributed by atoms with Gasteiger partial charge < -0.3 is 11.1 Å². The molecule has 0 spiro atoms. The van der Waals surface area contributed by atoms with Crippen molar-refractivity contribution >= 4 is 17.3 Å². The minimum Gasteiger partial charge on any atom is -0.399 e. The van der Waals surface area contributed by atoms with E-state index in [1.165, 1.54) is 22.9 Å². The van der Waals surface area contributed by atoms with Gasteiger partial charge in [0.1, 0.15) is 5.69 Å². The van der Waals surface area contributed by atoms with Crippen LogP contribution in [0.3, 0.4) is 0 Å². The zero-order chi connectivity index (χ0) is 21.2. The molecule has 0 saturated carbocycles. The van der Waals surface area contributed by atoms with E-state index in [0.29, 0.717) is 6.42 Å². The first kappa shape index (κ1) is 20.6. The first-order valence-electron chi connectivity index (χ1n) is 9.23. The second-order valence-corrected chi connectivity index (χ2v) is 6.99. The van der Waals surface area contributed by atoms with Crippen molar-refractivity contribution in [3.8, 4) is 0 Å². The van der Waals surface area contributed by atoms with Crippen LogP contribution in [0, 0.1) is 0 Å². The lowest BCUT2D eigenvalue weighted by Crippen LogP contribution is -2.31. The average Bonchev–Trinajstić information content (AvgIpc) is 2.67. The third-order valence-electron chi connectivity index (χ3n) is 4.72. The third-order valence-corrected chi connectivity index (χ3v) is 4.72. The van der Waals surface area contributed by atoms with Crippen molar-refractivity contribution in [1.29, 1.82) is 0 Å². The van der Waals surface area contributed by atoms with Gasteiger partial charge in [0.25, 0.3) is 11.5 Å². The second-order valence-electron chi connectivity index (χ2n) is 6.99. The Morgan fingerprint density at radius 3 is 2.66 bits per heavy atom. The molecule has 3 rings (SSSR count). The number of allylic oxidation sites excluding steroid dienone is 2. The lowest BCUT2D eigenvalue weighted by Gasteiger charge is -2.18. The number of nitrogens with one attached hydrogen (secondary N) is 1. The number of hydrogen-bond acceptors (Lipinski definition) is 4. The maximum absolute atomic E-state index is 13.0. The van der Waals surface area contributed by atoms with E-state index in [9.17, 15) is 22.8 Å². The zero-order valence-electron chi connectivity index (χ0n) is 15.8. The molecule has 1 aromatic carbocycles. The number of nitrogens with two attached hydrogens (primary N) is 1. The van der Waals surface area contributed by atoms with E-state index >= 15 is 0 Å². The van der Waals surface area contributed by atoms with Crippen molar-refractivity contribution in [1.82, 2.24) is 15.1 Å². The highest BCUT2D eigenvalue weighted by atomic mass is 19.4. The molecule has 1 aliphatic carbocycles. The van der Waals surface area contributed by atoms with Gasteiger partial charge in [-0.1, -0.05) is 6.08 Å². The minimum atomic E-state index is -4.54. The summed E-state index contributed by atoms with van der Waals surface area (Å²) in [7, 11) is 0. The Morgan fingerprint density at radius 2 is 2.00 bits per heavy atom. The van der Waals surface area contributed by atoms with E-state index in [0.717, 1.165) is 37.1 Å². The topological polar surface area (TPSA) is 90.0 Å². The molecule has 29 heavy (non-hydrogen) atoms. The fourth-order valence-electron chi connectivity index (χ4n) is 3.20. The number of amides is 1. The Bertz CT molecular complexity index is 1010. The van der Waals surface area contributed by atoms with E-state index in [-0.39, 0.29) is 22.5 Å². The van der Waals surface area contributed by atoms with Crippen molar-refractivity contribution in [2.75, 3.05) is 5.73 Å². The normalized spacial score (nSPS) is 15.5. The van der Waals surface area contributed by atoms with Crippen LogP contribution in [0.2, 0.25) is 0 Å². The summed E-state index contributed by atoms with van der Waals surface area (Å²) in [6, 6.07) is 4.97. The van der Waals surface area contributed by atoms with Gasteiger partial charge in [-0.2, -0.15) is 18.3 Å². The van der Waals surface area contributed by atoms with Crippen LogP contribution in [0.5, 0.6) is 0 Å². The molecule has 6 nitrogen and oxygen atoms in total. The molecular weight excluding hydrogens is 385 g/mol. The van der Waals surface area contributed by atoms with Crippen LogP contribution in [0.25, 0.3) is 5.70 Å². The summed E-state index contributed by atoms with van der Waals surface area (Å²) in [5.41, 5.74) is 5.28. The second kappa shape index (κ2) is 8.10. The van der Waals surface area contributed by atoms with Crippen molar-refractivity contribution in [3.63, 3.8) is 0 Å². The number of aromatic nitrogens is 2. The summed E-state index contributed by atoms with van der Waals surface area (Å²) in [4.78, 5) is 24.7. The molecule has 0 bridgehead atoms. The Kier molecular flexibility index (Phi) is 5.76. The van der Waals surface area contributed by atoms with E-state index in [1.807, 2.05) is 6.08 Å². The predicted octanol–water partition coefficient (Wildman–Crippen LogP) is 3.75. The summed E-state index contributed by atoms with van der Waals surface area (Å²) in [6.45, 7) is 1.55. The summed E-state index contributed by atoms with van der Waals surface area (Å²) in [5.74, 6) is -0.598. The average molecular weight is 406 g/mol. The Hall–Kier alpha value is -3.10. The van der Waals surface area contributed by atoms with Gasteiger partial charge in [-0.3, -0.25) is 9.59 Å². The van der Waals surface area contributed by atoms with Crippen LogP contribution in [-0.4, -0.2) is 15.7 Å². The largest absolute Gasteiger partial charge is 0.416 e. The Balaban J connectivity index is 1.83. The number of nitrogens with zero attached hydrogens (tertiary/aromatic N) is 2. The number of halogens is 3. The van der Waals surface area contributed by atoms with Crippen LogP contribution in [0.15, 0.2) is 41.2 Å². The Morgan fingerprint density at radius 1 is 1.24 bits per heavy atom. The molecule has 0 radical (unpaired) electrons. The first-order chi connectivity index (χ1) is 13.6. The molecule has 1 heterocycles. The van der Waals surface area contributed by atoms with Crippen molar-refractivity contribution < 1.29 is 18.0 Å². The van der Waals surface area contributed by atoms with Crippen LogP contribution < -0.4 is 16.6 Å². The Labute approximate surface area is 165 Å². The molecule has 0 unspecified atom stereocenters. The highest BCUT2D eigenvalue weighted by Crippen LogP contribution is 2.32. The third kappa shape index (κ3) is 4.85. The van der Waals surface area contributed by atoms with E-state index in [2.05, 4.69) is 10.4 Å². The molecule has 1 aliphatic rings. The number of rotatable bonds is 4. The van der Waals surface area contributed by atoms with Gasteiger partial charge in [0, 0.05) is 17.5 Å². The number of alkyl halides is 3.